The Hall–Kier alpha value is -3.39. The first-order valence-electron chi connectivity index (χ1n) is 8.15. The topological polar surface area (TPSA) is 89.9 Å². The minimum atomic E-state index is -0.308. The van der Waals surface area contributed by atoms with Crippen LogP contribution in [0.5, 0.6) is 5.19 Å². The number of methoxy groups -OCH3 is 1. The summed E-state index contributed by atoms with van der Waals surface area (Å²) in [6, 6.07) is 11.6. The van der Waals surface area contributed by atoms with Gasteiger partial charge in [-0.1, -0.05) is 23.3 Å². The lowest BCUT2D eigenvalue weighted by atomic mass is 9.96. The average Bonchev–Trinajstić information content (AvgIpc) is 3.15. The molecule has 0 radical (unpaired) electrons. The Morgan fingerprint density at radius 2 is 2.00 bits per heavy atom. The number of amides is 1. The van der Waals surface area contributed by atoms with E-state index in [4.69, 9.17) is 4.74 Å². The highest BCUT2D eigenvalue weighted by Crippen LogP contribution is 2.31. The van der Waals surface area contributed by atoms with E-state index in [0.29, 0.717) is 15.9 Å². The molecule has 27 heavy (non-hydrogen) atoms. The molecule has 134 valence electrons. The number of benzene rings is 1. The van der Waals surface area contributed by atoms with Crippen molar-refractivity contribution in [2.24, 2.45) is 0 Å². The number of carbonyl (C=O) groups excluding carboxylic acids is 1. The maximum absolute atomic E-state index is 12.9. The molecule has 0 saturated carbocycles. The van der Waals surface area contributed by atoms with E-state index in [1.54, 1.807) is 12.4 Å². The van der Waals surface area contributed by atoms with E-state index in [-0.39, 0.29) is 5.91 Å². The second-order valence-corrected chi connectivity index (χ2v) is 6.72. The number of aromatic nitrogens is 4. The fourth-order valence-electron chi connectivity index (χ4n) is 2.81. The standard InChI is InChI=1S/C19H15N5O2S/c1-11-9-14(12-5-3-7-16-13(12)6-4-8-20-16)15(10-21-11)17(25)22-18-23-24-19(26-2)27-18/h3-10H,1-2H3,(H,22,23,25). The van der Waals surface area contributed by atoms with E-state index in [0.717, 1.165) is 39.1 Å². The van der Waals surface area contributed by atoms with Crippen LogP contribution >= 0.6 is 11.3 Å². The van der Waals surface area contributed by atoms with Crippen molar-refractivity contribution in [2.75, 3.05) is 12.4 Å². The molecular weight excluding hydrogens is 362 g/mol. The van der Waals surface area contributed by atoms with Gasteiger partial charge in [-0.05, 0) is 47.6 Å². The molecule has 0 spiro atoms. The second-order valence-electron chi connectivity index (χ2n) is 5.78. The van der Waals surface area contributed by atoms with Gasteiger partial charge in [0.1, 0.15) is 0 Å². The smallest absolute Gasteiger partial charge is 0.295 e. The Kier molecular flexibility index (Phi) is 4.47. The van der Waals surface area contributed by atoms with Crippen LogP contribution in [0.15, 0.2) is 48.8 Å². The van der Waals surface area contributed by atoms with Gasteiger partial charge in [0.15, 0.2) is 0 Å². The first kappa shape index (κ1) is 17.0. The van der Waals surface area contributed by atoms with E-state index in [1.165, 1.54) is 7.11 Å². The number of carbonyl (C=O) groups is 1. The molecule has 1 amide bonds. The third-order valence-corrected chi connectivity index (χ3v) is 4.82. The van der Waals surface area contributed by atoms with Crippen molar-refractivity contribution in [3.63, 3.8) is 0 Å². The van der Waals surface area contributed by atoms with Crippen LogP contribution in [0.25, 0.3) is 22.0 Å². The van der Waals surface area contributed by atoms with Crippen LogP contribution in [0.1, 0.15) is 16.1 Å². The van der Waals surface area contributed by atoms with Crippen molar-refractivity contribution in [3.05, 3.63) is 60.0 Å². The van der Waals surface area contributed by atoms with Gasteiger partial charge in [-0.2, -0.15) is 0 Å². The minimum Gasteiger partial charge on any atom is -0.472 e. The van der Waals surface area contributed by atoms with Crippen LogP contribution in [0, 0.1) is 6.92 Å². The quantitative estimate of drug-likeness (QED) is 0.583. The number of anilines is 1. The van der Waals surface area contributed by atoms with Gasteiger partial charge < -0.3 is 4.74 Å². The van der Waals surface area contributed by atoms with Gasteiger partial charge in [0.05, 0.1) is 18.2 Å². The molecule has 0 saturated heterocycles. The van der Waals surface area contributed by atoms with E-state index in [1.807, 2.05) is 43.3 Å². The molecule has 0 aliphatic rings. The molecule has 0 aliphatic heterocycles. The van der Waals surface area contributed by atoms with Crippen LogP contribution in [-0.2, 0) is 0 Å². The number of aryl methyl sites for hydroxylation is 1. The minimum absolute atomic E-state index is 0.308. The summed E-state index contributed by atoms with van der Waals surface area (Å²) in [6.45, 7) is 1.89. The van der Waals surface area contributed by atoms with Crippen molar-refractivity contribution in [1.82, 2.24) is 20.2 Å². The van der Waals surface area contributed by atoms with Gasteiger partial charge in [0.2, 0.25) is 5.13 Å². The Morgan fingerprint density at radius 3 is 2.81 bits per heavy atom. The summed E-state index contributed by atoms with van der Waals surface area (Å²) in [4.78, 5) is 21.6. The van der Waals surface area contributed by atoms with Gasteiger partial charge in [0, 0.05) is 23.5 Å². The molecule has 0 unspecified atom stereocenters. The van der Waals surface area contributed by atoms with Crippen LogP contribution in [-0.4, -0.2) is 33.2 Å². The molecule has 4 aromatic rings. The van der Waals surface area contributed by atoms with Gasteiger partial charge in [-0.25, -0.2) is 0 Å². The summed E-state index contributed by atoms with van der Waals surface area (Å²) in [5, 5.41) is 12.2. The number of ether oxygens (including phenoxy) is 1. The third-order valence-electron chi connectivity index (χ3n) is 4.02. The molecule has 8 heteroatoms. The summed E-state index contributed by atoms with van der Waals surface area (Å²) < 4.78 is 5.01. The second kappa shape index (κ2) is 7.08. The first-order chi connectivity index (χ1) is 13.2. The van der Waals surface area contributed by atoms with Crippen molar-refractivity contribution in [1.29, 1.82) is 0 Å². The third kappa shape index (κ3) is 3.34. The zero-order valence-corrected chi connectivity index (χ0v) is 15.4. The molecule has 0 atom stereocenters. The summed E-state index contributed by atoms with van der Waals surface area (Å²) in [5.41, 5.74) is 3.84. The Morgan fingerprint density at radius 1 is 1.11 bits per heavy atom. The number of pyridine rings is 2. The highest BCUT2D eigenvalue weighted by Gasteiger charge is 2.18. The predicted molar refractivity (Wildman–Crippen MR) is 104 cm³/mol. The molecule has 7 nitrogen and oxygen atoms in total. The predicted octanol–water partition coefficient (Wildman–Crippen LogP) is 3.72. The van der Waals surface area contributed by atoms with Crippen LogP contribution in [0.2, 0.25) is 0 Å². The molecule has 0 bridgehead atoms. The fraction of sp³-hybridized carbons (Fsp3) is 0.105. The molecule has 1 aromatic carbocycles. The first-order valence-corrected chi connectivity index (χ1v) is 8.97. The van der Waals surface area contributed by atoms with Gasteiger partial charge in [-0.15, -0.1) is 5.10 Å². The maximum Gasteiger partial charge on any atom is 0.295 e. The van der Waals surface area contributed by atoms with Crippen molar-refractivity contribution in [2.45, 2.75) is 6.92 Å². The zero-order chi connectivity index (χ0) is 18.8. The van der Waals surface area contributed by atoms with Gasteiger partial charge >= 0.3 is 0 Å². The number of nitrogens with one attached hydrogen (secondary N) is 1. The van der Waals surface area contributed by atoms with E-state index >= 15 is 0 Å². The average molecular weight is 377 g/mol. The van der Waals surface area contributed by atoms with Gasteiger partial charge in [-0.3, -0.25) is 20.1 Å². The molecule has 0 aliphatic carbocycles. The molecule has 4 rings (SSSR count). The number of rotatable bonds is 4. The highest BCUT2D eigenvalue weighted by atomic mass is 32.1. The Labute approximate surface area is 159 Å². The van der Waals surface area contributed by atoms with Crippen molar-refractivity contribution in [3.8, 4) is 16.3 Å². The SMILES string of the molecule is COc1nnc(NC(=O)c2cnc(C)cc2-c2cccc3ncccc23)s1. The van der Waals surface area contributed by atoms with Crippen LogP contribution < -0.4 is 10.1 Å². The maximum atomic E-state index is 12.9. The number of fused-ring (bicyclic) bond motifs is 1. The normalized spacial score (nSPS) is 10.7. The zero-order valence-electron chi connectivity index (χ0n) is 14.6. The lowest BCUT2D eigenvalue weighted by Gasteiger charge is -2.12. The largest absolute Gasteiger partial charge is 0.472 e. The Balaban J connectivity index is 1.79. The van der Waals surface area contributed by atoms with Crippen LogP contribution in [0.4, 0.5) is 5.13 Å². The molecule has 3 aromatic heterocycles. The lowest BCUT2D eigenvalue weighted by molar-refractivity contribution is 0.102. The van der Waals surface area contributed by atoms with Crippen LogP contribution in [0.3, 0.4) is 0 Å². The number of nitrogens with zero attached hydrogens (tertiary/aromatic N) is 4. The molecule has 3 heterocycles. The number of hydrogen-bond acceptors (Lipinski definition) is 7. The molecular formula is C19H15N5O2S. The summed E-state index contributed by atoms with van der Waals surface area (Å²) in [5.74, 6) is -0.308. The monoisotopic (exact) mass is 377 g/mol. The summed E-state index contributed by atoms with van der Waals surface area (Å²) >= 11 is 1.16. The summed E-state index contributed by atoms with van der Waals surface area (Å²) in [7, 11) is 1.50. The Bertz CT molecular complexity index is 1140. The van der Waals surface area contributed by atoms with E-state index in [2.05, 4.69) is 25.5 Å². The van der Waals surface area contributed by atoms with E-state index < -0.39 is 0 Å². The molecule has 0 fully saturated rings. The van der Waals surface area contributed by atoms with Crippen molar-refractivity contribution >= 4 is 33.3 Å². The number of hydrogen-bond donors (Lipinski definition) is 1. The fourth-order valence-corrected chi connectivity index (χ4v) is 3.36. The van der Waals surface area contributed by atoms with Gasteiger partial charge in [0.25, 0.3) is 11.1 Å². The highest BCUT2D eigenvalue weighted by molar-refractivity contribution is 7.17. The molecule has 1 N–H and O–H groups in total. The van der Waals surface area contributed by atoms with Crippen molar-refractivity contribution < 1.29 is 9.53 Å². The lowest BCUT2D eigenvalue weighted by Crippen LogP contribution is -2.14. The summed E-state index contributed by atoms with van der Waals surface area (Å²) in [6.07, 6.45) is 3.33. The van der Waals surface area contributed by atoms with E-state index in [9.17, 15) is 4.79 Å².